The lowest BCUT2D eigenvalue weighted by Crippen LogP contribution is -2.22. The Morgan fingerprint density at radius 2 is 0.891 bits per heavy atom. The summed E-state index contributed by atoms with van der Waals surface area (Å²) in [4.78, 5) is 53.0. The summed E-state index contributed by atoms with van der Waals surface area (Å²) in [5.74, 6) is 0. The highest BCUT2D eigenvalue weighted by Crippen LogP contribution is 2.29. The van der Waals surface area contributed by atoms with Crippen LogP contribution in [0.2, 0.25) is 0 Å². The molecule has 0 atom stereocenters. The minimum Gasteiger partial charge on any atom is -0.455 e. The van der Waals surface area contributed by atoms with E-state index < -0.39 is 0 Å². The molecule has 0 N–H and O–H groups in total. The highest BCUT2D eigenvalue weighted by Gasteiger charge is 2.18. The van der Waals surface area contributed by atoms with Crippen LogP contribution in [0.4, 0.5) is 9.59 Å². The molecule has 0 unspecified atom stereocenters. The molecule has 0 spiro atoms. The molecule has 0 aromatic heterocycles. The summed E-state index contributed by atoms with van der Waals surface area (Å²) in [7, 11) is 3.23. The second kappa shape index (κ2) is 28.0. The molecule has 0 bridgehead atoms. The van der Waals surface area contributed by atoms with E-state index in [9.17, 15) is 19.2 Å². The first-order valence-corrected chi connectivity index (χ1v) is 18.2. The molecule has 0 radical (unpaired) electrons. The Labute approximate surface area is 286 Å². The largest absolute Gasteiger partial charge is 0.455 e. The third kappa shape index (κ3) is 21.7. The van der Waals surface area contributed by atoms with Gasteiger partial charge in [0.15, 0.2) is 0 Å². The number of hydrogen-bond acceptors (Lipinski definition) is 10. The van der Waals surface area contributed by atoms with E-state index in [2.05, 4.69) is 0 Å². The molecule has 0 aliphatic heterocycles. The molecule has 46 heavy (non-hydrogen) atoms. The number of ether oxygens (including phenoxy) is 4. The molecule has 2 amide bonds. The molecule has 0 fully saturated rings. The molecular weight excluding hydrogens is 629 g/mol. The maximum Gasteiger partial charge on any atom is 0.372 e. The van der Waals surface area contributed by atoms with Crippen molar-refractivity contribution in [2.75, 3.05) is 40.5 Å². The van der Waals surface area contributed by atoms with Crippen LogP contribution >= 0.6 is 23.5 Å². The zero-order valence-corrected chi connectivity index (χ0v) is 31.2. The first kappa shape index (κ1) is 44.0. The van der Waals surface area contributed by atoms with Gasteiger partial charge in [0.25, 0.3) is 0 Å². The molecule has 0 aromatic carbocycles. The van der Waals surface area contributed by atoms with Crippen LogP contribution in [0.25, 0.3) is 0 Å². The molecule has 0 saturated carbocycles. The Morgan fingerprint density at radius 3 is 1.15 bits per heavy atom. The van der Waals surface area contributed by atoms with Crippen molar-refractivity contribution in [3.8, 4) is 0 Å². The van der Waals surface area contributed by atoms with E-state index in [0.717, 1.165) is 109 Å². The fraction of sp³-hybridized carbons (Fsp3) is 0.765. The van der Waals surface area contributed by atoms with Gasteiger partial charge in [0, 0.05) is 61.4 Å². The lowest BCUT2D eigenvalue weighted by molar-refractivity contribution is -0.117. The molecule has 0 heterocycles. The van der Waals surface area contributed by atoms with Crippen molar-refractivity contribution in [1.82, 2.24) is 9.80 Å². The number of hydrogen-bond donors (Lipinski definition) is 0. The number of thioether (sulfide) groups is 2. The minimum atomic E-state index is -0.370. The number of unbranched alkanes of at least 4 members (excludes halogenated alkanes) is 9. The summed E-state index contributed by atoms with van der Waals surface area (Å²) in [6.45, 7) is 13.1. The predicted molar refractivity (Wildman–Crippen MR) is 189 cm³/mol. The number of carbonyl (C=O) groups is 4. The second-order valence-electron chi connectivity index (χ2n) is 11.7. The monoisotopic (exact) mass is 688 g/mol. The van der Waals surface area contributed by atoms with Gasteiger partial charge in [0.05, 0.1) is 25.4 Å². The molecular formula is C34H60N2O8S2. The van der Waals surface area contributed by atoms with Crippen LogP contribution in [-0.4, -0.2) is 86.0 Å². The number of nitrogens with zero attached hydrogens (tertiary/aromatic N) is 2. The topological polar surface area (TPSA) is 112 Å². The normalized spacial score (nSPS) is 12.5. The SMILES string of the molecule is COCC/C(SC(=O)OC(C)C)=C(\C)N(C=O)CCCCCCCCCCCCN(C=O)/C(C)=C(/CCOC)SC(=O)OC(C)C. The van der Waals surface area contributed by atoms with Crippen LogP contribution < -0.4 is 0 Å². The van der Waals surface area contributed by atoms with E-state index in [0.29, 0.717) is 39.1 Å². The average molecular weight is 689 g/mol. The van der Waals surface area contributed by atoms with Crippen LogP contribution in [-0.2, 0) is 28.5 Å². The number of carbonyl (C=O) groups excluding carboxylic acids is 4. The predicted octanol–water partition coefficient (Wildman–Crippen LogP) is 8.90. The fourth-order valence-corrected chi connectivity index (χ4v) is 6.32. The maximum absolute atomic E-state index is 12.2. The third-order valence-electron chi connectivity index (χ3n) is 7.11. The summed E-state index contributed by atoms with van der Waals surface area (Å²) in [5.41, 5.74) is 1.55. The second-order valence-corrected chi connectivity index (χ2v) is 13.7. The molecule has 10 nitrogen and oxygen atoms in total. The molecule has 266 valence electrons. The maximum atomic E-state index is 12.2. The van der Waals surface area contributed by atoms with Crippen molar-refractivity contribution in [2.45, 2.75) is 131 Å². The van der Waals surface area contributed by atoms with E-state index in [1.807, 2.05) is 41.5 Å². The van der Waals surface area contributed by atoms with Gasteiger partial charge in [-0.25, -0.2) is 9.59 Å². The lowest BCUT2D eigenvalue weighted by atomic mass is 10.1. The Morgan fingerprint density at radius 1 is 0.587 bits per heavy atom. The van der Waals surface area contributed by atoms with Crippen LogP contribution in [0, 0.1) is 0 Å². The first-order chi connectivity index (χ1) is 22.0. The van der Waals surface area contributed by atoms with Gasteiger partial charge in [-0.1, -0.05) is 51.4 Å². The highest BCUT2D eigenvalue weighted by atomic mass is 32.2. The summed E-state index contributed by atoms with van der Waals surface area (Å²) in [5, 5.41) is -0.740. The summed E-state index contributed by atoms with van der Waals surface area (Å²) < 4.78 is 20.9. The van der Waals surface area contributed by atoms with E-state index in [1.54, 1.807) is 24.0 Å². The van der Waals surface area contributed by atoms with E-state index in [1.165, 1.54) is 12.8 Å². The average Bonchev–Trinajstić information content (AvgIpc) is 3.00. The third-order valence-corrected chi connectivity index (χ3v) is 9.13. The smallest absolute Gasteiger partial charge is 0.372 e. The van der Waals surface area contributed by atoms with Gasteiger partial charge >= 0.3 is 10.6 Å². The van der Waals surface area contributed by atoms with Gasteiger partial charge in [-0.3, -0.25) is 9.59 Å². The van der Waals surface area contributed by atoms with E-state index in [4.69, 9.17) is 18.9 Å². The lowest BCUT2D eigenvalue weighted by Gasteiger charge is -2.22. The standard InChI is InChI=1S/C34H60N2O8S2/c1-27(2)43-33(39)45-31(19-23-41-7)29(5)35(25-37)21-17-15-13-11-9-10-12-14-16-18-22-36(26-38)30(6)32(20-24-42-8)46-34(40)44-28(3)4/h25-28H,9-24H2,1-8H3/b31-29-,32-30-. The van der Waals surface area contributed by atoms with E-state index >= 15 is 0 Å². The van der Waals surface area contributed by atoms with Crippen molar-refractivity contribution >= 4 is 46.9 Å². The minimum absolute atomic E-state index is 0.197. The van der Waals surface area contributed by atoms with Gasteiger partial charge in [0.1, 0.15) is 0 Å². The van der Waals surface area contributed by atoms with Gasteiger partial charge < -0.3 is 28.7 Å². The summed E-state index contributed by atoms with van der Waals surface area (Å²) in [6, 6.07) is 0. The zero-order chi connectivity index (χ0) is 34.7. The number of rotatable bonds is 27. The summed E-state index contributed by atoms with van der Waals surface area (Å²) >= 11 is 2.07. The van der Waals surface area contributed by atoms with Crippen LogP contribution in [0.15, 0.2) is 21.2 Å². The zero-order valence-electron chi connectivity index (χ0n) is 29.6. The van der Waals surface area contributed by atoms with Gasteiger partial charge in [0.2, 0.25) is 12.8 Å². The molecule has 0 aliphatic rings. The number of amides is 2. The number of allylic oxidation sites excluding steroid dienone is 2. The Bertz CT molecular complexity index is 866. The molecule has 0 aromatic rings. The Hall–Kier alpha value is -2.02. The molecule has 12 heteroatoms. The van der Waals surface area contributed by atoms with Crippen LogP contribution in [0.5, 0.6) is 0 Å². The van der Waals surface area contributed by atoms with Crippen molar-refractivity contribution in [3.05, 3.63) is 21.2 Å². The number of methoxy groups -OCH3 is 2. The van der Waals surface area contributed by atoms with Crippen molar-refractivity contribution in [1.29, 1.82) is 0 Å². The fourth-order valence-electron chi connectivity index (χ4n) is 4.53. The Balaban J connectivity index is 4.44. The molecule has 0 saturated heterocycles. The van der Waals surface area contributed by atoms with Gasteiger partial charge in [-0.2, -0.15) is 0 Å². The highest BCUT2D eigenvalue weighted by molar-refractivity contribution is 8.16. The first-order valence-electron chi connectivity index (χ1n) is 16.6. The molecule has 0 rings (SSSR count). The van der Waals surface area contributed by atoms with Crippen molar-refractivity contribution in [3.63, 3.8) is 0 Å². The van der Waals surface area contributed by atoms with Crippen molar-refractivity contribution in [2.24, 2.45) is 0 Å². The summed E-state index contributed by atoms with van der Waals surface area (Å²) in [6.07, 6.45) is 13.2. The van der Waals surface area contributed by atoms with Gasteiger partial charge in [-0.05, 0) is 77.9 Å². The van der Waals surface area contributed by atoms with Crippen LogP contribution in [0.1, 0.15) is 119 Å². The van der Waals surface area contributed by atoms with Crippen molar-refractivity contribution < 1.29 is 38.1 Å². The van der Waals surface area contributed by atoms with Gasteiger partial charge in [-0.15, -0.1) is 0 Å². The molecule has 0 aliphatic carbocycles. The Kier molecular flexibility index (Phi) is 26.8. The quantitative estimate of drug-likeness (QED) is 0.0471. The van der Waals surface area contributed by atoms with Crippen LogP contribution in [0.3, 0.4) is 0 Å². The van der Waals surface area contributed by atoms with E-state index in [-0.39, 0.29) is 22.8 Å².